The summed E-state index contributed by atoms with van der Waals surface area (Å²) < 4.78 is 23.2. The minimum absolute atomic E-state index is 0.0678. The van der Waals surface area contributed by atoms with Crippen LogP contribution in [0.4, 0.5) is 0 Å². The van der Waals surface area contributed by atoms with Gasteiger partial charge in [0.05, 0.1) is 12.3 Å². The fraction of sp³-hybridized carbons (Fsp3) is 0.727. The molecular formula is C11H20N2O3S. The predicted molar refractivity (Wildman–Crippen MR) is 68.3 cm³/mol. The number of carbonyl (C=O) groups is 1. The molecule has 0 aliphatic carbocycles. The zero-order valence-electron chi connectivity index (χ0n) is 10.4. The topological polar surface area (TPSA) is 66.5 Å². The molecule has 0 atom stereocenters. The van der Waals surface area contributed by atoms with Crippen molar-refractivity contribution in [2.45, 2.75) is 13.8 Å². The van der Waals surface area contributed by atoms with Crippen molar-refractivity contribution < 1.29 is 13.2 Å². The molecule has 0 aliphatic heterocycles. The van der Waals surface area contributed by atoms with Gasteiger partial charge in [-0.1, -0.05) is 5.92 Å². The van der Waals surface area contributed by atoms with Gasteiger partial charge in [0.15, 0.2) is 9.84 Å². The van der Waals surface area contributed by atoms with Crippen LogP contribution in [0.1, 0.15) is 13.8 Å². The summed E-state index contributed by atoms with van der Waals surface area (Å²) >= 11 is 0. The minimum atomic E-state index is -3.35. The number of hydrogen-bond acceptors (Lipinski definition) is 4. The summed E-state index contributed by atoms with van der Waals surface area (Å²) in [6.45, 7) is 5.31. The molecular weight excluding hydrogens is 240 g/mol. The van der Waals surface area contributed by atoms with E-state index in [4.69, 9.17) is 6.42 Å². The Bertz CT molecular complexity index is 367. The third-order valence-corrected chi connectivity index (χ3v) is 3.79. The minimum Gasteiger partial charge on any atom is -0.342 e. The number of hydrogen-bond donors (Lipinski definition) is 1. The molecule has 0 aromatic rings. The van der Waals surface area contributed by atoms with Crippen LogP contribution in [0.3, 0.4) is 0 Å². The molecule has 0 spiro atoms. The zero-order chi connectivity index (χ0) is 13.3. The monoisotopic (exact) mass is 260 g/mol. The van der Waals surface area contributed by atoms with Gasteiger partial charge >= 0.3 is 0 Å². The zero-order valence-corrected chi connectivity index (χ0v) is 11.2. The second kappa shape index (κ2) is 8.09. The van der Waals surface area contributed by atoms with Crippen molar-refractivity contribution in [3.63, 3.8) is 0 Å². The predicted octanol–water partition coefficient (Wildman–Crippen LogP) is -0.508. The Balaban J connectivity index is 4.17. The Morgan fingerprint density at radius 2 is 1.94 bits per heavy atom. The van der Waals surface area contributed by atoms with Crippen LogP contribution in [0, 0.1) is 12.3 Å². The van der Waals surface area contributed by atoms with E-state index >= 15 is 0 Å². The molecule has 0 fully saturated rings. The van der Waals surface area contributed by atoms with E-state index in [1.165, 1.54) is 4.90 Å². The van der Waals surface area contributed by atoms with Crippen molar-refractivity contribution in [3.8, 4) is 12.3 Å². The number of carbonyl (C=O) groups excluding carboxylic acids is 1. The normalized spacial score (nSPS) is 10.9. The van der Waals surface area contributed by atoms with Gasteiger partial charge in [-0.15, -0.1) is 6.42 Å². The van der Waals surface area contributed by atoms with Gasteiger partial charge in [-0.2, -0.15) is 0 Å². The van der Waals surface area contributed by atoms with E-state index in [0.717, 1.165) is 0 Å². The summed E-state index contributed by atoms with van der Waals surface area (Å²) in [6.07, 6.45) is 5.01. The first kappa shape index (κ1) is 15.9. The molecule has 1 N–H and O–H groups in total. The van der Waals surface area contributed by atoms with Crippen molar-refractivity contribution >= 4 is 15.7 Å². The van der Waals surface area contributed by atoms with Gasteiger partial charge in [-0.05, 0) is 13.8 Å². The van der Waals surface area contributed by atoms with Crippen LogP contribution in [-0.4, -0.2) is 56.9 Å². The Labute approximate surface area is 103 Å². The van der Waals surface area contributed by atoms with Gasteiger partial charge < -0.3 is 10.2 Å². The number of nitrogens with zero attached hydrogens (tertiary/aromatic N) is 1. The Morgan fingerprint density at radius 3 is 2.41 bits per heavy atom. The first-order chi connectivity index (χ1) is 7.96. The number of terminal acetylenes is 1. The van der Waals surface area contributed by atoms with E-state index < -0.39 is 15.6 Å². The lowest BCUT2D eigenvalue weighted by Crippen LogP contribution is -2.37. The summed E-state index contributed by atoms with van der Waals surface area (Å²) in [4.78, 5) is 13.1. The van der Waals surface area contributed by atoms with Crippen molar-refractivity contribution in [2.24, 2.45) is 0 Å². The third kappa shape index (κ3) is 6.97. The second-order valence-electron chi connectivity index (χ2n) is 3.54. The molecule has 0 aromatic heterocycles. The molecule has 0 radical (unpaired) electrons. The smallest absolute Gasteiger partial charge is 0.237 e. The van der Waals surface area contributed by atoms with Gasteiger partial charge in [-0.25, -0.2) is 8.42 Å². The second-order valence-corrected chi connectivity index (χ2v) is 5.72. The van der Waals surface area contributed by atoms with Gasteiger partial charge in [0, 0.05) is 19.6 Å². The number of amides is 1. The van der Waals surface area contributed by atoms with Crippen LogP contribution in [-0.2, 0) is 14.6 Å². The fourth-order valence-corrected chi connectivity index (χ4v) is 2.47. The highest BCUT2D eigenvalue weighted by atomic mass is 32.2. The van der Waals surface area contributed by atoms with Gasteiger partial charge in [-0.3, -0.25) is 4.79 Å². The number of nitrogens with one attached hydrogen (secondary N) is 1. The summed E-state index contributed by atoms with van der Waals surface area (Å²) in [7, 11) is -3.35. The van der Waals surface area contributed by atoms with Crippen LogP contribution < -0.4 is 5.32 Å². The molecule has 98 valence electrons. The SMILES string of the molecule is C#CCNCCS(=O)(=O)CC(=O)N(CC)CC. The van der Waals surface area contributed by atoms with Gasteiger partial charge in [0.1, 0.15) is 5.75 Å². The molecule has 0 rings (SSSR count). The van der Waals surface area contributed by atoms with Crippen molar-refractivity contribution in [1.29, 1.82) is 0 Å². The summed E-state index contributed by atoms with van der Waals surface area (Å²) in [5.41, 5.74) is 0. The van der Waals surface area contributed by atoms with Crippen LogP contribution in [0.15, 0.2) is 0 Å². The lowest BCUT2D eigenvalue weighted by atomic mass is 10.5. The summed E-state index contributed by atoms with van der Waals surface area (Å²) in [5.74, 6) is 1.52. The molecule has 0 bridgehead atoms. The summed E-state index contributed by atoms with van der Waals surface area (Å²) in [6, 6.07) is 0. The van der Waals surface area contributed by atoms with Crippen molar-refractivity contribution in [1.82, 2.24) is 10.2 Å². The van der Waals surface area contributed by atoms with E-state index in [2.05, 4.69) is 11.2 Å². The van der Waals surface area contributed by atoms with Crippen LogP contribution in [0.25, 0.3) is 0 Å². The van der Waals surface area contributed by atoms with Gasteiger partial charge in [0.25, 0.3) is 0 Å². The first-order valence-corrected chi connectivity index (χ1v) is 7.41. The maximum absolute atomic E-state index is 11.6. The maximum atomic E-state index is 11.6. The highest BCUT2D eigenvalue weighted by molar-refractivity contribution is 7.92. The Morgan fingerprint density at radius 1 is 1.35 bits per heavy atom. The van der Waals surface area contributed by atoms with Crippen LogP contribution in [0.2, 0.25) is 0 Å². The van der Waals surface area contributed by atoms with Crippen LogP contribution >= 0.6 is 0 Å². The maximum Gasteiger partial charge on any atom is 0.237 e. The lowest BCUT2D eigenvalue weighted by molar-refractivity contribution is -0.128. The van der Waals surface area contributed by atoms with E-state index in [1.54, 1.807) is 0 Å². The lowest BCUT2D eigenvalue weighted by Gasteiger charge is -2.18. The summed E-state index contributed by atoms with van der Waals surface area (Å²) in [5, 5.41) is 2.78. The molecule has 0 unspecified atom stereocenters. The largest absolute Gasteiger partial charge is 0.342 e. The average molecular weight is 260 g/mol. The van der Waals surface area contributed by atoms with E-state index in [-0.39, 0.29) is 18.2 Å². The highest BCUT2D eigenvalue weighted by Gasteiger charge is 2.19. The fourth-order valence-electron chi connectivity index (χ4n) is 1.32. The number of sulfone groups is 1. The van der Waals surface area contributed by atoms with Gasteiger partial charge in [0.2, 0.25) is 5.91 Å². The van der Waals surface area contributed by atoms with E-state index in [9.17, 15) is 13.2 Å². The molecule has 0 aliphatic rings. The molecule has 0 saturated carbocycles. The van der Waals surface area contributed by atoms with Crippen molar-refractivity contribution in [3.05, 3.63) is 0 Å². The molecule has 5 nitrogen and oxygen atoms in total. The highest BCUT2D eigenvalue weighted by Crippen LogP contribution is 1.96. The molecule has 0 aromatic carbocycles. The third-order valence-electron chi connectivity index (χ3n) is 2.28. The Kier molecular flexibility index (Phi) is 7.59. The average Bonchev–Trinajstić information content (AvgIpc) is 2.25. The molecule has 6 heteroatoms. The standard InChI is InChI=1S/C11H20N2O3S/c1-4-7-12-8-9-17(15,16)10-11(14)13(5-2)6-3/h1,12H,5-10H2,2-3H3. The molecule has 0 heterocycles. The number of rotatable bonds is 8. The first-order valence-electron chi connectivity index (χ1n) is 5.59. The molecule has 1 amide bonds. The van der Waals surface area contributed by atoms with E-state index in [0.29, 0.717) is 19.6 Å². The van der Waals surface area contributed by atoms with E-state index in [1.807, 2.05) is 13.8 Å². The molecule has 17 heavy (non-hydrogen) atoms. The quantitative estimate of drug-likeness (QED) is 0.472. The molecule has 0 saturated heterocycles. The Hall–Kier alpha value is -1.06. The van der Waals surface area contributed by atoms with Crippen molar-refractivity contribution in [2.75, 3.05) is 37.7 Å². The van der Waals surface area contributed by atoms with Crippen LogP contribution in [0.5, 0.6) is 0 Å².